The normalized spacial score (nSPS) is 31.0. The van der Waals surface area contributed by atoms with Gasteiger partial charge in [-0.15, -0.1) is 0 Å². The molecule has 1 rings (SSSR count). The zero-order valence-corrected chi connectivity index (χ0v) is 8.37. The highest BCUT2D eigenvalue weighted by molar-refractivity contribution is 8.32. The molecule has 2 heteroatoms. The molecular formula is C8H19NS. The molecule has 0 aromatic heterocycles. The maximum absolute atomic E-state index is 2.45. The Morgan fingerprint density at radius 2 is 1.90 bits per heavy atom. The molecule has 0 spiro atoms. The standard InChI is InChI=1S/C8H19NS/c1-9-6-5-8(7-9)10(2,3)4/h8H,5-7H2,1-4H3. The van der Waals surface area contributed by atoms with Gasteiger partial charge in [-0.3, -0.25) is 0 Å². The van der Waals surface area contributed by atoms with Crippen LogP contribution in [-0.2, 0) is 0 Å². The monoisotopic (exact) mass is 161 g/mol. The van der Waals surface area contributed by atoms with E-state index in [4.69, 9.17) is 0 Å². The Labute approximate surface area is 66.1 Å². The Bertz CT molecular complexity index is 117. The minimum Gasteiger partial charge on any atom is -0.305 e. The molecule has 1 saturated heterocycles. The molecule has 1 aliphatic rings. The van der Waals surface area contributed by atoms with Gasteiger partial charge in [0, 0.05) is 11.8 Å². The molecule has 1 nitrogen and oxygen atoms in total. The lowest BCUT2D eigenvalue weighted by molar-refractivity contribution is 0.419. The van der Waals surface area contributed by atoms with E-state index in [2.05, 4.69) is 30.7 Å². The number of nitrogens with zero attached hydrogens (tertiary/aromatic N) is 1. The summed E-state index contributed by atoms with van der Waals surface area (Å²) in [7, 11) is 1.95. The molecule has 0 aromatic rings. The van der Waals surface area contributed by atoms with E-state index in [9.17, 15) is 0 Å². The summed E-state index contributed by atoms with van der Waals surface area (Å²) in [5.41, 5.74) is 0. The molecule has 0 aromatic carbocycles. The second-order valence-corrected chi connectivity index (χ2v) is 8.64. The van der Waals surface area contributed by atoms with Crippen LogP contribution in [0, 0.1) is 0 Å². The first-order valence-electron chi connectivity index (χ1n) is 3.86. The Kier molecular flexibility index (Phi) is 2.31. The van der Waals surface area contributed by atoms with Crippen molar-refractivity contribution < 1.29 is 0 Å². The lowest BCUT2D eigenvalue weighted by Gasteiger charge is -2.32. The van der Waals surface area contributed by atoms with Gasteiger partial charge >= 0.3 is 0 Å². The quantitative estimate of drug-likeness (QED) is 0.562. The van der Waals surface area contributed by atoms with Crippen molar-refractivity contribution in [3.8, 4) is 0 Å². The van der Waals surface area contributed by atoms with Crippen molar-refractivity contribution in [1.82, 2.24) is 4.90 Å². The van der Waals surface area contributed by atoms with Gasteiger partial charge in [-0.2, -0.15) is 0 Å². The number of hydrogen-bond donors (Lipinski definition) is 0. The SMILES string of the molecule is CN1CCC(S(C)(C)C)C1. The molecule has 1 aliphatic heterocycles. The van der Waals surface area contributed by atoms with Crippen LogP contribution in [0.5, 0.6) is 0 Å². The van der Waals surface area contributed by atoms with Gasteiger partial charge in [0.2, 0.25) is 0 Å². The number of rotatable bonds is 1. The maximum Gasteiger partial charge on any atom is 0.00834 e. The van der Waals surface area contributed by atoms with Gasteiger partial charge in [0.15, 0.2) is 0 Å². The first-order chi connectivity index (χ1) is 4.50. The summed E-state index contributed by atoms with van der Waals surface area (Å²) in [6.45, 7) is 2.65. The van der Waals surface area contributed by atoms with Crippen LogP contribution in [0.1, 0.15) is 6.42 Å². The number of hydrogen-bond acceptors (Lipinski definition) is 1. The fourth-order valence-corrected chi connectivity index (χ4v) is 2.99. The van der Waals surface area contributed by atoms with Gasteiger partial charge in [0.25, 0.3) is 0 Å². The van der Waals surface area contributed by atoms with Crippen molar-refractivity contribution in [3.05, 3.63) is 0 Å². The van der Waals surface area contributed by atoms with Crippen molar-refractivity contribution in [3.63, 3.8) is 0 Å². The molecule has 0 amide bonds. The van der Waals surface area contributed by atoms with E-state index in [0.717, 1.165) is 5.25 Å². The molecule has 1 heterocycles. The minimum atomic E-state index is -0.277. The largest absolute Gasteiger partial charge is 0.305 e. The van der Waals surface area contributed by atoms with E-state index in [1.807, 2.05) is 0 Å². The maximum atomic E-state index is 2.45. The van der Waals surface area contributed by atoms with E-state index >= 15 is 0 Å². The second kappa shape index (κ2) is 2.74. The smallest absolute Gasteiger partial charge is 0.00834 e. The highest BCUT2D eigenvalue weighted by Crippen LogP contribution is 2.44. The van der Waals surface area contributed by atoms with Crippen LogP contribution >= 0.6 is 10.0 Å². The van der Waals surface area contributed by atoms with Gasteiger partial charge in [-0.05, 0) is 38.8 Å². The van der Waals surface area contributed by atoms with Crippen molar-refractivity contribution in [2.24, 2.45) is 0 Å². The zero-order chi connectivity index (χ0) is 7.78. The van der Waals surface area contributed by atoms with Crippen LogP contribution in [0.2, 0.25) is 0 Å². The fourth-order valence-electron chi connectivity index (χ4n) is 1.47. The van der Waals surface area contributed by atoms with Crippen molar-refractivity contribution >= 4 is 10.0 Å². The van der Waals surface area contributed by atoms with E-state index in [-0.39, 0.29) is 10.0 Å². The molecule has 62 valence electrons. The average molecular weight is 161 g/mol. The topological polar surface area (TPSA) is 3.24 Å². The van der Waals surface area contributed by atoms with E-state index in [1.54, 1.807) is 0 Å². The third-order valence-corrected chi connectivity index (χ3v) is 4.73. The average Bonchev–Trinajstić information content (AvgIpc) is 2.11. The summed E-state index contributed by atoms with van der Waals surface area (Å²) in [5.74, 6) is 0. The van der Waals surface area contributed by atoms with Crippen molar-refractivity contribution in [2.45, 2.75) is 11.7 Å². The van der Waals surface area contributed by atoms with Crippen LogP contribution in [0.4, 0.5) is 0 Å². The van der Waals surface area contributed by atoms with Gasteiger partial charge in [0.05, 0.1) is 0 Å². The van der Waals surface area contributed by atoms with Crippen molar-refractivity contribution in [1.29, 1.82) is 0 Å². The Morgan fingerprint density at radius 3 is 2.10 bits per heavy atom. The van der Waals surface area contributed by atoms with Gasteiger partial charge < -0.3 is 4.90 Å². The first-order valence-corrected chi connectivity index (χ1v) is 6.78. The predicted octanol–water partition coefficient (Wildman–Crippen LogP) is 1.38. The molecule has 1 fully saturated rings. The zero-order valence-electron chi connectivity index (χ0n) is 7.55. The van der Waals surface area contributed by atoms with E-state index in [0.29, 0.717) is 0 Å². The van der Waals surface area contributed by atoms with E-state index in [1.165, 1.54) is 19.5 Å². The van der Waals surface area contributed by atoms with Crippen molar-refractivity contribution in [2.75, 3.05) is 38.9 Å². The third-order valence-electron chi connectivity index (χ3n) is 2.35. The summed E-state index contributed by atoms with van der Waals surface area (Å²) in [6.07, 6.45) is 8.71. The molecule has 10 heavy (non-hydrogen) atoms. The molecule has 0 N–H and O–H groups in total. The lowest BCUT2D eigenvalue weighted by Crippen LogP contribution is -2.20. The molecule has 1 atom stereocenters. The Hall–Kier alpha value is 0.310. The summed E-state index contributed by atoms with van der Waals surface area (Å²) in [4.78, 5) is 2.45. The summed E-state index contributed by atoms with van der Waals surface area (Å²) in [5, 5.41) is 0.998. The van der Waals surface area contributed by atoms with Gasteiger partial charge in [0.1, 0.15) is 0 Å². The highest BCUT2D eigenvalue weighted by atomic mass is 32.3. The molecule has 0 radical (unpaired) electrons. The van der Waals surface area contributed by atoms with Crippen LogP contribution in [-0.4, -0.2) is 49.1 Å². The molecule has 0 aliphatic carbocycles. The third kappa shape index (κ3) is 1.89. The van der Waals surface area contributed by atoms with E-state index < -0.39 is 0 Å². The fraction of sp³-hybridized carbons (Fsp3) is 1.00. The molecule has 0 bridgehead atoms. The molecule has 1 unspecified atom stereocenters. The summed E-state index contributed by atoms with van der Waals surface area (Å²) in [6, 6.07) is 0. The second-order valence-electron chi connectivity index (χ2n) is 4.10. The van der Waals surface area contributed by atoms with Crippen LogP contribution < -0.4 is 0 Å². The summed E-state index contributed by atoms with van der Waals surface area (Å²) >= 11 is 0. The summed E-state index contributed by atoms with van der Waals surface area (Å²) < 4.78 is 0. The number of likely N-dealkylation sites (tertiary alicyclic amines) is 1. The van der Waals surface area contributed by atoms with Crippen LogP contribution in [0.15, 0.2) is 0 Å². The van der Waals surface area contributed by atoms with Crippen LogP contribution in [0.3, 0.4) is 0 Å². The highest BCUT2D eigenvalue weighted by Gasteiger charge is 2.26. The minimum absolute atomic E-state index is 0.277. The molecule has 0 saturated carbocycles. The Balaban J connectivity index is 2.45. The van der Waals surface area contributed by atoms with Crippen LogP contribution in [0.25, 0.3) is 0 Å². The van der Waals surface area contributed by atoms with Gasteiger partial charge in [-0.1, -0.05) is 0 Å². The lowest BCUT2D eigenvalue weighted by atomic mass is 10.4. The predicted molar refractivity (Wildman–Crippen MR) is 51.3 cm³/mol. The molecular weight excluding hydrogens is 142 g/mol. The first kappa shape index (κ1) is 8.41. The Morgan fingerprint density at radius 1 is 1.30 bits per heavy atom. The van der Waals surface area contributed by atoms with Gasteiger partial charge in [-0.25, -0.2) is 10.0 Å².